The van der Waals surface area contributed by atoms with E-state index in [1.165, 1.54) is 4.68 Å². The predicted octanol–water partition coefficient (Wildman–Crippen LogP) is 4.93. The van der Waals surface area contributed by atoms with Gasteiger partial charge in [0.15, 0.2) is 22.5 Å². The van der Waals surface area contributed by atoms with Crippen molar-refractivity contribution in [2.45, 2.75) is 43.1 Å². The van der Waals surface area contributed by atoms with Crippen molar-refractivity contribution in [3.63, 3.8) is 0 Å². The lowest BCUT2D eigenvalue weighted by Gasteiger charge is -2.17. The van der Waals surface area contributed by atoms with E-state index in [-0.39, 0.29) is 12.4 Å². The van der Waals surface area contributed by atoms with Gasteiger partial charge in [0, 0.05) is 18.0 Å². The summed E-state index contributed by atoms with van der Waals surface area (Å²) in [5, 5.41) is 6.02. The monoisotopic (exact) mass is 480 g/mol. The molecule has 4 aliphatic heterocycles. The fourth-order valence-electron chi connectivity index (χ4n) is 4.46. The van der Waals surface area contributed by atoms with Crippen LogP contribution in [-0.2, 0) is 18.7 Å². The molecular formula is C24H21ClN4O3S. The van der Waals surface area contributed by atoms with E-state index < -0.39 is 0 Å². The summed E-state index contributed by atoms with van der Waals surface area (Å²) in [6.45, 7) is 1.04. The van der Waals surface area contributed by atoms with Gasteiger partial charge in [-0.2, -0.15) is 4.68 Å². The molecule has 0 N–H and O–H groups in total. The van der Waals surface area contributed by atoms with Crippen LogP contribution in [0.15, 0.2) is 52.4 Å². The maximum absolute atomic E-state index is 13.3. The van der Waals surface area contributed by atoms with Crippen LogP contribution in [0.3, 0.4) is 0 Å². The van der Waals surface area contributed by atoms with E-state index >= 15 is 0 Å². The Morgan fingerprint density at radius 3 is 2.85 bits per heavy atom. The number of ether oxygens (including phenoxy) is 2. The topological polar surface area (TPSA) is 71.2 Å². The molecule has 4 heterocycles. The number of halogens is 1. The van der Waals surface area contributed by atoms with Crippen molar-refractivity contribution in [1.29, 1.82) is 0 Å². The van der Waals surface area contributed by atoms with Gasteiger partial charge in [-0.25, -0.2) is 4.98 Å². The number of nitrogens with zero attached hydrogens (tertiary/aromatic N) is 4. The van der Waals surface area contributed by atoms with Crippen molar-refractivity contribution < 1.29 is 9.47 Å². The van der Waals surface area contributed by atoms with Gasteiger partial charge in [-0.15, -0.1) is 5.10 Å². The third-order valence-corrected chi connectivity index (χ3v) is 7.35. The Balaban J connectivity index is 1.42. The first-order chi connectivity index (χ1) is 16.2. The lowest BCUT2D eigenvalue weighted by molar-refractivity contribution is 0.174. The summed E-state index contributed by atoms with van der Waals surface area (Å²) in [6.07, 6.45) is 4.09. The molecule has 33 heavy (non-hydrogen) atoms. The quantitative estimate of drug-likeness (QED) is 0.304. The van der Waals surface area contributed by atoms with Crippen LogP contribution in [0.1, 0.15) is 30.5 Å². The first-order valence-corrected chi connectivity index (χ1v) is 12.3. The molecule has 0 atom stereocenters. The second-order valence-electron chi connectivity index (χ2n) is 8.15. The van der Waals surface area contributed by atoms with Gasteiger partial charge < -0.3 is 14.0 Å². The minimum atomic E-state index is -0.103. The highest BCUT2D eigenvalue weighted by atomic mass is 35.5. The smallest absolute Gasteiger partial charge is 0.284 e. The number of fused-ring (bicyclic) bond motifs is 4. The lowest BCUT2D eigenvalue weighted by atomic mass is 10.1. The second kappa shape index (κ2) is 8.43. The zero-order valence-electron chi connectivity index (χ0n) is 17.8. The number of para-hydroxylation sites is 1. The maximum atomic E-state index is 13.3. The van der Waals surface area contributed by atoms with Crippen LogP contribution < -0.4 is 15.0 Å². The van der Waals surface area contributed by atoms with E-state index in [9.17, 15) is 4.79 Å². The summed E-state index contributed by atoms with van der Waals surface area (Å²) < 4.78 is 14.6. The zero-order chi connectivity index (χ0) is 22.4. The molecule has 0 fully saturated rings. The number of rotatable bonds is 4. The molecule has 2 aromatic carbocycles. The van der Waals surface area contributed by atoms with Crippen LogP contribution in [0, 0.1) is 0 Å². The minimum absolute atomic E-state index is 0.103. The molecule has 0 unspecified atom stereocenters. The number of benzene rings is 2. The fraction of sp³-hybridized carbons (Fsp3) is 0.292. The number of hydrogen-bond donors (Lipinski definition) is 0. The summed E-state index contributed by atoms with van der Waals surface area (Å²) in [4.78, 5) is 18.2. The van der Waals surface area contributed by atoms with Gasteiger partial charge in [0.2, 0.25) is 6.79 Å². The standard InChI is InChI=1S/C24H21ClN4O3S/c25-17-11-15(12-19-21(17)32-14-31-19)13-33-24-26-22-20(18-9-5-2-6-10-28(18)24)23(30)29(27-22)16-7-3-1-4-8-16/h1,3-4,7-8,11-12H,2,5-6,9-10,13-14H2. The van der Waals surface area contributed by atoms with Gasteiger partial charge in [0.1, 0.15) is 5.56 Å². The Labute approximate surface area is 199 Å². The summed E-state index contributed by atoms with van der Waals surface area (Å²) in [6, 6.07) is 13.4. The molecule has 7 nitrogen and oxygen atoms in total. The van der Waals surface area contributed by atoms with Gasteiger partial charge in [0.25, 0.3) is 5.56 Å². The highest BCUT2D eigenvalue weighted by Gasteiger charge is 2.27. The molecule has 0 amide bonds. The summed E-state index contributed by atoms with van der Waals surface area (Å²) in [5.41, 5.74) is 3.34. The average Bonchev–Trinajstić information content (AvgIpc) is 3.35. The van der Waals surface area contributed by atoms with Gasteiger partial charge in [-0.1, -0.05) is 48.0 Å². The van der Waals surface area contributed by atoms with Crippen LogP contribution in [0.2, 0.25) is 5.02 Å². The van der Waals surface area contributed by atoms with Gasteiger partial charge in [-0.05, 0) is 49.1 Å². The third-order valence-electron chi connectivity index (χ3n) is 6.02. The number of thioether (sulfide) groups is 1. The van der Waals surface area contributed by atoms with E-state index in [2.05, 4.69) is 9.67 Å². The van der Waals surface area contributed by atoms with E-state index in [0.717, 1.165) is 54.3 Å². The summed E-state index contributed by atoms with van der Waals surface area (Å²) >= 11 is 7.99. The van der Waals surface area contributed by atoms with Crippen LogP contribution in [-0.4, -0.2) is 26.1 Å². The second-order valence-corrected chi connectivity index (χ2v) is 9.50. The maximum Gasteiger partial charge on any atom is 0.284 e. The zero-order valence-corrected chi connectivity index (χ0v) is 19.4. The van der Waals surface area contributed by atoms with Crippen molar-refractivity contribution >= 4 is 23.4 Å². The molecular weight excluding hydrogens is 460 g/mol. The van der Waals surface area contributed by atoms with Gasteiger partial charge in [0.05, 0.1) is 10.7 Å². The average molecular weight is 481 g/mol. The molecule has 0 saturated carbocycles. The molecule has 4 aliphatic rings. The van der Waals surface area contributed by atoms with E-state index in [0.29, 0.717) is 33.7 Å². The van der Waals surface area contributed by atoms with Crippen LogP contribution >= 0.6 is 23.4 Å². The van der Waals surface area contributed by atoms with Crippen molar-refractivity contribution in [3.8, 4) is 28.6 Å². The molecule has 0 saturated heterocycles. The van der Waals surface area contributed by atoms with Crippen molar-refractivity contribution in [3.05, 3.63) is 69.1 Å². The fourth-order valence-corrected chi connectivity index (χ4v) is 5.72. The first-order valence-electron chi connectivity index (χ1n) is 11.0. The number of aromatic nitrogens is 4. The highest BCUT2D eigenvalue weighted by Crippen LogP contribution is 2.41. The van der Waals surface area contributed by atoms with Crippen molar-refractivity contribution in [2.75, 3.05) is 6.79 Å². The normalized spacial score (nSPS) is 14.9. The van der Waals surface area contributed by atoms with Crippen molar-refractivity contribution in [1.82, 2.24) is 19.3 Å². The molecule has 168 valence electrons. The molecule has 0 aliphatic carbocycles. The molecule has 0 radical (unpaired) electrons. The summed E-state index contributed by atoms with van der Waals surface area (Å²) in [7, 11) is 0. The molecule has 9 heteroatoms. The molecule has 0 bridgehead atoms. The number of hydrogen-bond acceptors (Lipinski definition) is 6. The van der Waals surface area contributed by atoms with Crippen molar-refractivity contribution in [2.24, 2.45) is 0 Å². The Hall–Kier alpha value is -2.97. The Bertz CT molecular complexity index is 1370. The Morgan fingerprint density at radius 2 is 1.97 bits per heavy atom. The Kier molecular flexibility index (Phi) is 5.27. The Morgan fingerprint density at radius 1 is 1.09 bits per heavy atom. The van der Waals surface area contributed by atoms with E-state index in [1.54, 1.807) is 11.8 Å². The highest BCUT2D eigenvalue weighted by molar-refractivity contribution is 7.98. The third kappa shape index (κ3) is 3.67. The molecule has 0 spiro atoms. The molecule has 2 aromatic rings. The van der Waals surface area contributed by atoms with Crippen LogP contribution in [0.5, 0.6) is 11.5 Å². The van der Waals surface area contributed by atoms with Gasteiger partial charge in [-0.3, -0.25) is 4.79 Å². The van der Waals surface area contributed by atoms with Crippen LogP contribution in [0.25, 0.3) is 17.1 Å². The van der Waals surface area contributed by atoms with Gasteiger partial charge >= 0.3 is 0 Å². The molecule has 0 aromatic heterocycles. The largest absolute Gasteiger partial charge is 0.454 e. The van der Waals surface area contributed by atoms with E-state index in [1.807, 2.05) is 42.5 Å². The lowest BCUT2D eigenvalue weighted by Crippen LogP contribution is -2.19. The van der Waals surface area contributed by atoms with E-state index in [4.69, 9.17) is 26.1 Å². The first kappa shape index (κ1) is 20.6. The molecule has 6 rings (SSSR count). The predicted molar refractivity (Wildman–Crippen MR) is 127 cm³/mol. The minimum Gasteiger partial charge on any atom is -0.454 e. The SMILES string of the molecule is O=c1c2c3n(c(SCc4cc(Cl)c5c(c4)OCO5)nc-2nn1-c1ccccc1)CCCCC3. The summed E-state index contributed by atoms with van der Waals surface area (Å²) in [5.74, 6) is 2.44. The van der Waals surface area contributed by atoms with Crippen LogP contribution in [0.4, 0.5) is 0 Å².